The van der Waals surface area contributed by atoms with E-state index >= 15 is 0 Å². The zero-order chi connectivity index (χ0) is 9.57. The summed E-state index contributed by atoms with van der Waals surface area (Å²) in [6.07, 6.45) is 1.31. The summed E-state index contributed by atoms with van der Waals surface area (Å²) in [7, 11) is 2.12. The van der Waals surface area contributed by atoms with Crippen LogP contribution < -0.4 is 0 Å². The van der Waals surface area contributed by atoms with Crippen molar-refractivity contribution < 1.29 is 4.74 Å². The van der Waals surface area contributed by atoms with Crippen LogP contribution in [0.5, 0.6) is 0 Å². The van der Waals surface area contributed by atoms with Gasteiger partial charge in [-0.2, -0.15) is 0 Å². The SMILES string of the molecule is C[C@@H]1OC(C)(C)CC(C)(C)N1C. The van der Waals surface area contributed by atoms with Crippen LogP contribution in [-0.2, 0) is 4.74 Å². The van der Waals surface area contributed by atoms with Gasteiger partial charge in [0, 0.05) is 5.54 Å². The van der Waals surface area contributed by atoms with Crippen molar-refractivity contribution >= 4 is 0 Å². The van der Waals surface area contributed by atoms with Gasteiger partial charge in [-0.1, -0.05) is 0 Å². The van der Waals surface area contributed by atoms with Gasteiger partial charge in [0.25, 0.3) is 0 Å². The predicted molar refractivity (Wildman–Crippen MR) is 51.1 cm³/mol. The molecule has 1 aliphatic heterocycles. The van der Waals surface area contributed by atoms with Crippen molar-refractivity contribution in [1.82, 2.24) is 4.90 Å². The number of ether oxygens (including phenoxy) is 1. The van der Waals surface area contributed by atoms with Crippen molar-refractivity contribution in [1.29, 1.82) is 0 Å². The lowest BCUT2D eigenvalue weighted by atomic mass is 9.86. The summed E-state index contributed by atoms with van der Waals surface area (Å²) in [4.78, 5) is 2.29. The molecule has 1 rings (SSSR count). The Morgan fingerprint density at radius 1 is 1.25 bits per heavy atom. The van der Waals surface area contributed by atoms with Crippen LogP contribution in [0, 0.1) is 0 Å². The Kier molecular flexibility index (Phi) is 2.26. The van der Waals surface area contributed by atoms with Gasteiger partial charge in [-0.15, -0.1) is 0 Å². The molecule has 0 bridgehead atoms. The highest BCUT2D eigenvalue weighted by Crippen LogP contribution is 2.35. The second-order valence-electron chi connectivity index (χ2n) is 5.08. The van der Waals surface area contributed by atoms with E-state index in [9.17, 15) is 0 Å². The minimum Gasteiger partial charge on any atom is -0.357 e. The van der Waals surface area contributed by atoms with Gasteiger partial charge in [0.2, 0.25) is 0 Å². The monoisotopic (exact) mass is 171 g/mol. The molecule has 2 nitrogen and oxygen atoms in total. The molecule has 0 saturated carbocycles. The zero-order valence-electron chi connectivity index (χ0n) is 9.14. The van der Waals surface area contributed by atoms with Crippen LogP contribution in [0.2, 0.25) is 0 Å². The molecule has 2 heteroatoms. The average molecular weight is 171 g/mol. The van der Waals surface area contributed by atoms with Crippen LogP contribution >= 0.6 is 0 Å². The highest BCUT2D eigenvalue weighted by Gasteiger charge is 2.41. The van der Waals surface area contributed by atoms with Crippen LogP contribution in [0.1, 0.15) is 41.0 Å². The minimum absolute atomic E-state index is 0.0232. The van der Waals surface area contributed by atoms with E-state index in [1.165, 1.54) is 0 Å². The summed E-state index contributed by atoms with van der Waals surface area (Å²) in [6, 6.07) is 0. The van der Waals surface area contributed by atoms with E-state index in [1.807, 2.05) is 0 Å². The summed E-state index contributed by atoms with van der Waals surface area (Å²) in [5, 5.41) is 0. The molecule has 1 aliphatic rings. The van der Waals surface area contributed by atoms with Crippen molar-refractivity contribution in [2.45, 2.75) is 58.4 Å². The van der Waals surface area contributed by atoms with E-state index < -0.39 is 0 Å². The summed E-state index contributed by atoms with van der Waals surface area (Å²) >= 11 is 0. The normalized spacial score (nSPS) is 35.0. The number of nitrogens with zero attached hydrogens (tertiary/aromatic N) is 1. The van der Waals surface area contributed by atoms with E-state index in [0.717, 1.165) is 6.42 Å². The first-order valence-corrected chi connectivity index (χ1v) is 4.65. The molecule has 0 unspecified atom stereocenters. The maximum atomic E-state index is 5.85. The van der Waals surface area contributed by atoms with Crippen LogP contribution in [0.15, 0.2) is 0 Å². The molecule has 1 heterocycles. The molecule has 0 aromatic heterocycles. The quantitative estimate of drug-likeness (QED) is 0.554. The first-order valence-electron chi connectivity index (χ1n) is 4.65. The fourth-order valence-electron chi connectivity index (χ4n) is 2.24. The Bertz CT molecular complexity index is 175. The molecule has 0 aromatic carbocycles. The van der Waals surface area contributed by atoms with E-state index in [2.05, 4.69) is 46.6 Å². The molecule has 12 heavy (non-hydrogen) atoms. The van der Waals surface area contributed by atoms with Crippen LogP contribution in [-0.4, -0.2) is 29.3 Å². The highest BCUT2D eigenvalue weighted by atomic mass is 16.5. The van der Waals surface area contributed by atoms with Crippen molar-refractivity contribution in [2.24, 2.45) is 0 Å². The van der Waals surface area contributed by atoms with Gasteiger partial charge in [-0.25, -0.2) is 0 Å². The predicted octanol–water partition coefficient (Wildman–Crippen LogP) is 2.24. The average Bonchev–Trinajstić information content (AvgIpc) is 1.79. The number of rotatable bonds is 0. The molecular weight excluding hydrogens is 150 g/mol. The van der Waals surface area contributed by atoms with Gasteiger partial charge >= 0.3 is 0 Å². The molecule has 0 aliphatic carbocycles. The summed E-state index contributed by atoms with van der Waals surface area (Å²) in [5.41, 5.74) is 0.274. The van der Waals surface area contributed by atoms with E-state index in [1.54, 1.807) is 0 Å². The molecule has 0 aromatic rings. The van der Waals surface area contributed by atoms with Gasteiger partial charge < -0.3 is 4.74 Å². The molecule has 1 atom stereocenters. The van der Waals surface area contributed by atoms with E-state index in [0.29, 0.717) is 0 Å². The molecular formula is C10H21NO. The lowest BCUT2D eigenvalue weighted by molar-refractivity contribution is -0.207. The molecule has 1 saturated heterocycles. The van der Waals surface area contributed by atoms with Crippen molar-refractivity contribution in [3.05, 3.63) is 0 Å². The van der Waals surface area contributed by atoms with Gasteiger partial charge in [0.05, 0.1) is 5.60 Å². The maximum absolute atomic E-state index is 5.85. The minimum atomic E-state index is 0.0232. The standard InChI is InChI=1S/C10H21NO/c1-8-11(6)9(2,3)7-10(4,5)12-8/h8H,7H2,1-6H3/t8-/m0/s1. The Morgan fingerprint density at radius 3 is 2.17 bits per heavy atom. The second-order valence-corrected chi connectivity index (χ2v) is 5.08. The largest absolute Gasteiger partial charge is 0.357 e. The Morgan fingerprint density at radius 2 is 1.75 bits per heavy atom. The molecule has 1 fully saturated rings. The molecule has 0 amide bonds. The van der Waals surface area contributed by atoms with Gasteiger partial charge in [-0.3, -0.25) is 4.90 Å². The summed E-state index contributed by atoms with van der Waals surface area (Å²) < 4.78 is 5.85. The van der Waals surface area contributed by atoms with Crippen molar-refractivity contribution in [2.75, 3.05) is 7.05 Å². The fraction of sp³-hybridized carbons (Fsp3) is 1.00. The number of hydrogen-bond acceptors (Lipinski definition) is 2. The Balaban J connectivity index is 2.80. The van der Waals surface area contributed by atoms with E-state index in [4.69, 9.17) is 4.74 Å². The fourth-order valence-corrected chi connectivity index (χ4v) is 2.24. The van der Waals surface area contributed by atoms with Crippen LogP contribution in [0.25, 0.3) is 0 Å². The third kappa shape index (κ3) is 1.80. The van der Waals surface area contributed by atoms with Crippen molar-refractivity contribution in [3.8, 4) is 0 Å². The lowest BCUT2D eigenvalue weighted by Gasteiger charge is -2.51. The van der Waals surface area contributed by atoms with Crippen LogP contribution in [0.4, 0.5) is 0 Å². The summed E-state index contributed by atoms with van der Waals surface area (Å²) in [5.74, 6) is 0. The first-order chi connectivity index (χ1) is 5.25. The second kappa shape index (κ2) is 2.71. The third-order valence-corrected chi connectivity index (χ3v) is 2.85. The molecule has 0 spiro atoms. The zero-order valence-corrected chi connectivity index (χ0v) is 9.14. The van der Waals surface area contributed by atoms with Gasteiger partial charge in [-0.05, 0) is 48.1 Å². The third-order valence-electron chi connectivity index (χ3n) is 2.85. The maximum Gasteiger partial charge on any atom is 0.108 e. The Labute approximate surface area is 75.9 Å². The van der Waals surface area contributed by atoms with Gasteiger partial charge in [0.1, 0.15) is 6.23 Å². The highest BCUT2D eigenvalue weighted by molar-refractivity contribution is 4.92. The first kappa shape index (κ1) is 10.0. The summed E-state index contributed by atoms with van der Waals surface area (Å²) in [6.45, 7) is 11.0. The molecule has 0 radical (unpaired) electrons. The molecule has 72 valence electrons. The molecule has 0 N–H and O–H groups in total. The topological polar surface area (TPSA) is 12.5 Å². The van der Waals surface area contributed by atoms with Crippen LogP contribution in [0.3, 0.4) is 0 Å². The lowest BCUT2D eigenvalue weighted by Crippen LogP contribution is -2.58. The van der Waals surface area contributed by atoms with Gasteiger partial charge in [0.15, 0.2) is 0 Å². The van der Waals surface area contributed by atoms with E-state index in [-0.39, 0.29) is 17.4 Å². The smallest absolute Gasteiger partial charge is 0.108 e. The Hall–Kier alpha value is -0.0800. The number of hydrogen-bond donors (Lipinski definition) is 0. The van der Waals surface area contributed by atoms with Crippen molar-refractivity contribution in [3.63, 3.8) is 0 Å².